The molecule has 1 aromatic carbocycles. The van der Waals surface area contributed by atoms with Crippen LogP contribution < -0.4 is 0 Å². The first kappa shape index (κ1) is 20.9. The van der Waals surface area contributed by atoms with Crippen LogP contribution in [0.25, 0.3) is 11.0 Å². The van der Waals surface area contributed by atoms with Gasteiger partial charge in [-0.15, -0.1) is 0 Å². The van der Waals surface area contributed by atoms with E-state index in [4.69, 9.17) is 12.2 Å². The van der Waals surface area contributed by atoms with E-state index in [9.17, 15) is 9.18 Å². The minimum absolute atomic E-state index is 0.0786. The summed E-state index contributed by atoms with van der Waals surface area (Å²) in [7, 11) is 0. The van der Waals surface area contributed by atoms with E-state index in [2.05, 4.69) is 33.9 Å². The van der Waals surface area contributed by atoms with Crippen molar-refractivity contribution < 1.29 is 9.18 Å². The Hall–Kier alpha value is -2.84. The highest BCUT2D eigenvalue weighted by Gasteiger charge is 2.05. The van der Waals surface area contributed by atoms with Gasteiger partial charge in [0, 0.05) is 29.8 Å². The number of H-pyrrole nitrogens is 1. The van der Waals surface area contributed by atoms with Crippen LogP contribution in [0.4, 0.5) is 4.39 Å². The molecule has 0 aliphatic heterocycles. The number of halogens is 1. The summed E-state index contributed by atoms with van der Waals surface area (Å²) < 4.78 is 12.8. The Kier molecular flexibility index (Phi) is 7.66. The maximum atomic E-state index is 12.8. The number of benzene rings is 1. The molecule has 0 spiro atoms. The van der Waals surface area contributed by atoms with Gasteiger partial charge in [0.25, 0.3) is 0 Å². The van der Waals surface area contributed by atoms with E-state index < -0.39 is 0 Å². The molecular formula is C24H23FN2OS. The Morgan fingerprint density at radius 2 is 1.83 bits per heavy atom. The molecule has 0 bridgehead atoms. The first-order chi connectivity index (χ1) is 14.1. The Morgan fingerprint density at radius 1 is 1.03 bits per heavy atom. The van der Waals surface area contributed by atoms with Crippen LogP contribution >= 0.6 is 12.2 Å². The fourth-order valence-electron chi connectivity index (χ4n) is 3.16. The number of pyridine rings is 1. The number of nitrogens with one attached hydrogen (secondary N) is 1. The molecule has 0 atom stereocenters. The molecule has 0 aliphatic rings. The van der Waals surface area contributed by atoms with E-state index in [0.29, 0.717) is 12.0 Å². The van der Waals surface area contributed by atoms with Crippen LogP contribution in [0, 0.1) is 17.7 Å². The highest BCUT2D eigenvalue weighted by molar-refractivity contribution is 7.80. The molecule has 5 heteroatoms. The Labute approximate surface area is 175 Å². The van der Waals surface area contributed by atoms with Crippen LogP contribution in [-0.2, 0) is 11.2 Å². The quantitative estimate of drug-likeness (QED) is 0.287. The highest BCUT2D eigenvalue weighted by atomic mass is 32.1. The summed E-state index contributed by atoms with van der Waals surface area (Å²) in [5.41, 5.74) is 2.83. The Balaban J connectivity index is 1.31. The van der Waals surface area contributed by atoms with Crippen LogP contribution in [0.15, 0.2) is 48.8 Å². The summed E-state index contributed by atoms with van der Waals surface area (Å²) in [6.07, 6.45) is 9.67. The summed E-state index contributed by atoms with van der Waals surface area (Å²) in [4.78, 5) is 20.4. The number of Topliss-reactive ketones (excluding diaryl/α,β-unsaturated/α-hetero) is 1. The normalized spacial score (nSPS) is 10.5. The predicted octanol–water partition coefficient (Wildman–Crippen LogP) is 5.58. The van der Waals surface area contributed by atoms with Crippen molar-refractivity contribution in [3.8, 4) is 11.8 Å². The number of ketones is 1. The zero-order valence-electron chi connectivity index (χ0n) is 16.2. The van der Waals surface area contributed by atoms with Crippen molar-refractivity contribution in [1.29, 1.82) is 0 Å². The van der Waals surface area contributed by atoms with E-state index in [1.54, 1.807) is 12.1 Å². The Morgan fingerprint density at radius 3 is 2.66 bits per heavy atom. The SMILES string of the molecule is O=C(C#Cc1ccc(F)cc1)CCCCCC(=S)CCc1ccnc2[nH]ccc12. The van der Waals surface area contributed by atoms with Crippen LogP contribution in [0.1, 0.15) is 49.7 Å². The molecule has 0 fully saturated rings. The third kappa shape index (κ3) is 6.62. The highest BCUT2D eigenvalue weighted by Crippen LogP contribution is 2.18. The Bertz CT molecular complexity index is 1040. The molecule has 0 saturated carbocycles. The van der Waals surface area contributed by atoms with E-state index in [1.165, 1.54) is 17.7 Å². The number of carbonyl (C=O) groups excluding carboxylic acids is 1. The van der Waals surface area contributed by atoms with Gasteiger partial charge >= 0.3 is 0 Å². The summed E-state index contributed by atoms with van der Waals surface area (Å²) in [5, 5.41) is 1.16. The lowest BCUT2D eigenvalue weighted by atomic mass is 10.0. The largest absolute Gasteiger partial charge is 0.346 e. The van der Waals surface area contributed by atoms with Crippen LogP contribution in [0.5, 0.6) is 0 Å². The first-order valence-electron chi connectivity index (χ1n) is 9.85. The smallest absolute Gasteiger partial charge is 0.205 e. The van der Waals surface area contributed by atoms with Gasteiger partial charge < -0.3 is 4.98 Å². The van der Waals surface area contributed by atoms with E-state index >= 15 is 0 Å². The molecule has 1 N–H and O–H groups in total. The lowest BCUT2D eigenvalue weighted by Gasteiger charge is -2.05. The summed E-state index contributed by atoms with van der Waals surface area (Å²) in [6.45, 7) is 0. The van der Waals surface area contributed by atoms with Gasteiger partial charge in [0.1, 0.15) is 11.5 Å². The molecule has 29 heavy (non-hydrogen) atoms. The van der Waals surface area contributed by atoms with Crippen molar-refractivity contribution in [3.63, 3.8) is 0 Å². The van der Waals surface area contributed by atoms with Crippen molar-refractivity contribution in [2.75, 3.05) is 0 Å². The molecule has 0 amide bonds. The molecule has 0 unspecified atom stereocenters. The zero-order valence-corrected chi connectivity index (χ0v) is 17.0. The fraction of sp³-hybridized carbons (Fsp3) is 0.292. The van der Waals surface area contributed by atoms with Crippen LogP contribution in [-0.4, -0.2) is 20.6 Å². The number of fused-ring (bicyclic) bond motifs is 1. The molecule has 2 aromatic heterocycles. The van der Waals surface area contributed by atoms with Crippen LogP contribution in [0.2, 0.25) is 0 Å². The third-order valence-electron chi connectivity index (χ3n) is 4.77. The number of unbranched alkanes of at least 4 members (excludes halogenated alkanes) is 2. The second kappa shape index (κ2) is 10.6. The van der Waals surface area contributed by atoms with Crippen LogP contribution in [0.3, 0.4) is 0 Å². The average molecular weight is 407 g/mol. The number of thiocarbonyl (C=S) groups is 1. The first-order valence-corrected chi connectivity index (χ1v) is 10.3. The number of rotatable bonds is 9. The number of aromatic amines is 1. The number of nitrogens with zero attached hydrogens (tertiary/aromatic N) is 1. The molecule has 3 rings (SSSR count). The van der Waals surface area contributed by atoms with Gasteiger partial charge in [-0.2, -0.15) is 0 Å². The van der Waals surface area contributed by atoms with Gasteiger partial charge in [-0.1, -0.05) is 24.6 Å². The summed E-state index contributed by atoms with van der Waals surface area (Å²) in [5.74, 6) is 5.02. The minimum Gasteiger partial charge on any atom is -0.346 e. The number of hydrogen-bond donors (Lipinski definition) is 1. The number of aromatic nitrogens is 2. The lowest BCUT2D eigenvalue weighted by molar-refractivity contribution is -0.113. The lowest BCUT2D eigenvalue weighted by Crippen LogP contribution is -1.99. The van der Waals surface area contributed by atoms with Gasteiger partial charge in [-0.25, -0.2) is 9.37 Å². The summed E-state index contributed by atoms with van der Waals surface area (Å²) in [6, 6.07) is 9.93. The van der Waals surface area contributed by atoms with Gasteiger partial charge in [0.05, 0.1) is 0 Å². The van der Waals surface area contributed by atoms with Crippen molar-refractivity contribution in [3.05, 3.63) is 65.7 Å². The maximum Gasteiger partial charge on any atom is 0.205 e. The zero-order chi connectivity index (χ0) is 20.5. The van der Waals surface area contributed by atoms with Crippen molar-refractivity contribution in [1.82, 2.24) is 9.97 Å². The summed E-state index contributed by atoms with van der Waals surface area (Å²) >= 11 is 5.52. The third-order valence-corrected chi connectivity index (χ3v) is 5.18. The van der Waals surface area contributed by atoms with E-state index in [0.717, 1.165) is 54.4 Å². The molecule has 3 nitrogen and oxygen atoms in total. The molecule has 0 aliphatic carbocycles. The van der Waals surface area contributed by atoms with Gasteiger partial charge in [0.15, 0.2) is 0 Å². The van der Waals surface area contributed by atoms with E-state index in [-0.39, 0.29) is 11.6 Å². The van der Waals surface area contributed by atoms with Gasteiger partial charge in [-0.05, 0) is 84.9 Å². The molecular weight excluding hydrogens is 383 g/mol. The fourth-order valence-corrected chi connectivity index (χ4v) is 3.40. The van der Waals surface area contributed by atoms with Crippen molar-refractivity contribution >= 4 is 33.9 Å². The van der Waals surface area contributed by atoms with Crippen molar-refractivity contribution in [2.45, 2.75) is 44.9 Å². The van der Waals surface area contributed by atoms with Crippen molar-refractivity contribution in [2.24, 2.45) is 0 Å². The molecule has 148 valence electrons. The number of aryl methyl sites for hydroxylation is 1. The number of hydrogen-bond acceptors (Lipinski definition) is 3. The second-order valence-electron chi connectivity index (χ2n) is 6.99. The van der Waals surface area contributed by atoms with E-state index in [1.807, 2.05) is 12.4 Å². The van der Waals surface area contributed by atoms with Gasteiger partial charge in [0.2, 0.25) is 5.78 Å². The standard InChI is InChI=1S/C24H23FN2OS/c25-20-10-6-18(7-11-20)8-12-21(28)4-2-1-3-5-22(29)13-9-19-14-16-26-24-23(19)15-17-27-24/h6-7,10-11,14-17H,1-5,9,13H2,(H,26,27). The average Bonchev–Trinajstić information content (AvgIpc) is 3.21. The topological polar surface area (TPSA) is 45.8 Å². The predicted molar refractivity (Wildman–Crippen MR) is 118 cm³/mol. The monoisotopic (exact) mass is 406 g/mol. The molecule has 0 radical (unpaired) electrons. The number of carbonyl (C=O) groups is 1. The maximum absolute atomic E-state index is 12.8. The second-order valence-corrected chi connectivity index (χ2v) is 7.57. The minimum atomic E-state index is -0.307. The molecule has 3 aromatic rings. The molecule has 0 saturated heterocycles. The molecule has 2 heterocycles. The van der Waals surface area contributed by atoms with Gasteiger partial charge in [-0.3, -0.25) is 4.79 Å².